The van der Waals surface area contributed by atoms with Gasteiger partial charge >= 0.3 is 0 Å². The van der Waals surface area contributed by atoms with Crippen molar-refractivity contribution in [3.05, 3.63) is 11.8 Å². The smallest absolute Gasteiger partial charge is 0.140 e. The second kappa shape index (κ2) is 3.40. The Labute approximate surface area is 60.9 Å². The molecule has 1 heterocycles. The van der Waals surface area contributed by atoms with Gasteiger partial charge in [-0.2, -0.15) is 0 Å². The van der Waals surface area contributed by atoms with E-state index in [1.165, 1.54) is 0 Å². The second-order valence-electron chi connectivity index (χ2n) is 2.38. The molecule has 0 fully saturated rings. The number of ether oxygens (including phenoxy) is 1. The zero-order valence-corrected chi connectivity index (χ0v) is 6.22. The molecule has 2 nitrogen and oxygen atoms in total. The molecule has 1 aliphatic heterocycles. The summed E-state index contributed by atoms with van der Waals surface area (Å²) >= 11 is 0. The monoisotopic (exact) mass is 140 g/mol. The van der Waals surface area contributed by atoms with Crippen molar-refractivity contribution in [3.63, 3.8) is 0 Å². The number of hydrogen-bond donors (Lipinski definition) is 0. The first kappa shape index (κ1) is 7.32. The zero-order valence-electron chi connectivity index (χ0n) is 6.22. The maximum Gasteiger partial charge on any atom is 0.140 e. The molecule has 0 aliphatic carbocycles. The lowest BCUT2D eigenvalue weighted by atomic mass is 10.2. The average Bonchev–Trinajstić information content (AvgIpc) is 2.40. The number of allylic oxidation sites excluding steroid dienone is 1. The molecular formula is C8H12O2. The maximum absolute atomic E-state index is 10.8. The van der Waals surface area contributed by atoms with Crippen molar-refractivity contribution in [2.75, 3.05) is 6.61 Å². The van der Waals surface area contributed by atoms with Gasteiger partial charge in [0.2, 0.25) is 0 Å². The van der Waals surface area contributed by atoms with Crippen LogP contribution in [0.2, 0.25) is 0 Å². The quantitative estimate of drug-likeness (QED) is 0.596. The van der Waals surface area contributed by atoms with Gasteiger partial charge in [0.1, 0.15) is 5.78 Å². The van der Waals surface area contributed by atoms with Crippen molar-refractivity contribution in [1.82, 2.24) is 0 Å². The molecule has 0 radical (unpaired) electrons. The molecular weight excluding hydrogens is 128 g/mol. The molecule has 2 heteroatoms. The minimum atomic E-state index is 0.258. The molecule has 0 aromatic heterocycles. The average molecular weight is 140 g/mol. The topological polar surface area (TPSA) is 26.3 Å². The van der Waals surface area contributed by atoms with E-state index in [0.717, 1.165) is 18.8 Å². The van der Waals surface area contributed by atoms with E-state index in [0.29, 0.717) is 12.8 Å². The predicted octanol–water partition coefficient (Wildman–Crippen LogP) is 1.66. The van der Waals surface area contributed by atoms with Crippen LogP contribution in [-0.4, -0.2) is 12.4 Å². The summed E-state index contributed by atoms with van der Waals surface area (Å²) in [7, 11) is 0. The van der Waals surface area contributed by atoms with Gasteiger partial charge in [-0.15, -0.1) is 0 Å². The van der Waals surface area contributed by atoms with Crippen molar-refractivity contribution in [2.24, 2.45) is 0 Å². The van der Waals surface area contributed by atoms with Crippen LogP contribution >= 0.6 is 0 Å². The minimum absolute atomic E-state index is 0.258. The normalized spacial score (nSPS) is 16.3. The van der Waals surface area contributed by atoms with Gasteiger partial charge in [-0.05, 0) is 6.08 Å². The van der Waals surface area contributed by atoms with Gasteiger partial charge < -0.3 is 4.74 Å². The molecule has 56 valence electrons. The molecule has 0 aromatic carbocycles. The molecule has 0 bridgehead atoms. The minimum Gasteiger partial charge on any atom is -0.497 e. The number of carbonyl (C=O) groups excluding carboxylic acids is 1. The third-order valence-electron chi connectivity index (χ3n) is 1.54. The van der Waals surface area contributed by atoms with Gasteiger partial charge in [-0.25, -0.2) is 0 Å². The number of carbonyl (C=O) groups is 1. The van der Waals surface area contributed by atoms with Gasteiger partial charge in [0.15, 0.2) is 0 Å². The third-order valence-corrected chi connectivity index (χ3v) is 1.54. The van der Waals surface area contributed by atoms with E-state index in [4.69, 9.17) is 4.74 Å². The number of hydrogen-bond acceptors (Lipinski definition) is 2. The summed E-state index contributed by atoms with van der Waals surface area (Å²) in [6, 6.07) is 0. The van der Waals surface area contributed by atoms with Crippen molar-refractivity contribution >= 4 is 5.78 Å². The second-order valence-corrected chi connectivity index (χ2v) is 2.38. The van der Waals surface area contributed by atoms with E-state index in [1.54, 1.807) is 0 Å². The van der Waals surface area contributed by atoms with Crippen LogP contribution in [0.25, 0.3) is 0 Å². The van der Waals surface area contributed by atoms with Gasteiger partial charge in [-0.1, -0.05) is 6.92 Å². The van der Waals surface area contributed by atoms with Crippen LogP contribution in [0.4, 0.5) is 0 Å². The van der Waals surface area contributed by atoms with E-state index >= 15 is 0 Å². The molecule has 0 unspecified atom stereocenters. The maximum atomic E-state index is 10.8. The largest absolute Gasteiger partial charge is 0.497 e. The van der Waals surface area contributed by atoms with Crippen LogP contribution < -0.4 is 0 Å². The highest BCUT2D eigenvalue weighted by Gasteiger charge is 2.08. The Morgan fingerprint density at radius 2 is 2.60 bits per heavy atom. The van der Waals surface area contributed by atoms with Gasteiger partial charge in [0.05, 0.1) is 18.8 Å². The fraction of sp³-hybridized carbons (Fsp3) is 0.625. The first-order chi connectivity index (χ1) is 4.83. The summed E-state index contributed by atoms with van der Waals surface area (Å²) < 4.78 is 5.17. The Hall–Kier alpha value is -0.790. The van der Waals surface area contributed by atoms with E-state index in [-0.39, 0.29) is 5.78 Å². The molecule has 0 saturated heterocycles. The zero-order chi connectivity index (χ0) is 7.40. The molecule has 0 aromatic rings. The van der Waals surface area contributed by atoms with Crippen molar-refractivity contribution < 1.29 is 9.53 Å². The summed E-state index contributed by atoms with van der Waals surface area (Å²) in [5.74, 6) is 1.13. The van der Waals surface area contributed by atoms with E-state index in [9.17, 15) is 4.79 Å². The van der Waals surface area contributed by atoms with Gasteiger partial charge in [0.25, 0.3) is 0 Å². The summed E-state index contributed by atoms with van der Waals surface area (Å²) in [6.07, 6.45) is 4.07. The first-order valence-corrected chi connectivity index (χ1v) is 3.66. The summed E-state index contributed by atoms with van der Waals surface area (Å²) in [6.45, 7) is 2.63. The number of ketones is 1. The van der Waals surface area contributed by atoms with Crippen molar-refractivity contribution in [3.8, 4) is 0 Å². The van der Waals surface area contributed by atoms with Crippen molar-refractivity contribution in [1.29, 1.82) is 0 Å². The number of rotatable bonds is 3. The molecule has 0 amide bonds. The Kier molecular flexibility index (Phi) is 2.49. The Morgan fingerprint density at radius 3 is 3.10 bits per heavy atom. The molecule has 0 spiro atoms. The van der Waals surface area contributed by atoms with Crippen LogP contribution in [0.3, 0.4) is 0 Å². The highest BCUT2D eigenvalue weighted by Crippen LogP contribution is 2.13. The first-order valence-electron chi connectivity index (χ1n) is 3.66. The van der Waals surface area contributed by atoms with Gasteiger partial charge in [0, 0.05) is 12.8 Å². The molecule has 0 saturated carbocycles. The van der Waals surface area contributed by atoms with E-state index in [1.807, 2.05) is 13.0 Å². The summed E-state index contributed by atoms with van der Waals surface area (Å²) in [4.78, 5) is 10.8. The highest BCUT2D eigenvalue weighted by molar-refractivity contribution is 5.80. The van der Waals surface area contributed by atoms with Crippen molar-refractivity contribution in [2.45, 2.75) is 26.2 Å². The van der Waals surface area contributed by atoms with Crippen LogP contribution in [0, 0.1) is 0 Å². The molecule has 0 atom stereocenters. The lowest BCUT2D eigenvalue weighted by Gasteiger charge is -1.99. The Balaban J connectivity index is 2.30. The summed E-state index contributed by atoms with van der Waals surface area (Å²) in [5.41, 5.74) is 0. The predicted molar refractivity (Wildman–Crippen MR) is 38.6 cm³/mol. The molecule has 1 aliphatic rings. The Morgan fingerprint density at radius 1 is 1.80 bits per heavy atom. The molecule has 1 rings (SSSR count). The van der Waals surface area contributed by atoms with Gasteiger partial charge in [-0.3, -0.25) is 4.79 Å². The summed E-state index contributed by atoms with van der Waals surface area (Å²) in [5, 5.41) is 0. The standard InChI is InChI=1S/C8H12O2/c1-2-7(9)6-8-4-3-5-10-8/h4H,2-3,5-6H2,1H3. The fourth-order valence-corrected chi connectivity index (χ4v) is 0.911. The van der Waals surface area contributed by atoms with Crippen LogP contribution in [-0.2, 0) is 9.53 Å². The molecule has 0 N–H and O–H groups in total. The number of Topliss-reactive ketones (excluding diaryl/α,β-unsaturated/α-hetero) is 1. The lowest BCUT2D eigenvalue weighted by Crippen LogP contribution is -1.97. The van der Waals surface area contributed by atoms with Crippen LogP contribution in [0.15, 0.2) is 11.8 Å². The fourth-order valence-electron chi connectivity index (χ4n) is 0.911. The van der Waals surface area contributed by atoms with Crippen LogP contribution in [0.1, 0.15) is 26.2 Å². The lowest BCUT2D eigenvalue weighted by molar-refractivity contribution is -0.118. The van der Waals surface area contributed by atoms with Crippen LogP contribution in [0.5, 0.6) is 0 Å². The SMILES string of the molecule is CCC(=O)CC1=CCCO1. The highest BCUT2D eigenvalue weighted by atomic mass is 16.5. The third kappa shape index (κ3) is 1.87. The van der Waals surface area contributed by atoms with E-state index in [2.05, 4.69) is 0 Å². The molecule has 10 heavy (non-hydrogen) atoms. The van der Waals surface area contributed by atoms with E-state index < -0.39 is 0 Å². The Bertz CT molecular complexity index is 159.